The highest BCUT2D eigenvalue weighted by molar-refractivity contribution is 9.10. The monoisotopic (exact) mass is 541 g/mol. The van der Waals surface area contributed by atoms with Gasteiger partial charge in [0.1, 0.15) is 5.82 Å². The largest absolute Gasteiger partial charge is 0.324 e. The van der Waals surface area contributed by atoms with Gasteiger partial charge >= 0.3 is 18.4 Å². The van der Waals surface area contributed by atoms with E-state index in [2.05, 4.69) is 20.8 Å². The van der Waals surface area contributed by atoms with Crippen LogP contribution >= 0.6 is 15.9 Å². The summed E-state index contributed by atoms with van der Waals surface area (Å²) in [6.07, 6.45) is -3.30. The second kappa shape index (κ2) is 11.3. The molecule has 0 saturated carbocycles. The lowest BCUT2D eigenvalue weighted by molar-refractivity contribution is -0.132. The summed E-state index contributed by atoms with van der Waals surface area (Å²) in [6.45, 7) is 2.42. The minimum absolute atomic E-state index is 0.0946. The van der Waals surface area contributed by atoms with Crippen LogP contribution in [0.4, 0.5) is 23.7 Å². The van der Waals surface area contributed by atoms with E-state index in [1.807, 2.05) is 7.05 Å². The second-order valence-corrected chi connectivity index (χ2v) is 8.60. The third-order valence-electron chi connectivity index (χ3n) is 5.28. The maximum atomic E-state index is 14.9. The molecule has 0 atom stereocenters. The fourth-order valence-electron chi connectivity index (χ4n) is 3.29. The number of urea groups is 1. The zero-order chi connectivity index (χ0) is 24.8. The highest BCUT2D eigenvalue weighted by Crippen LogP contribution is 2.24. The SMILES string of the molecule is CN1CCN(C(=O)N(Cc2ccc(C(=O)NNC(=O)C(F)F)cc2F)c2ccc(Br)cc2)CC1. The first kappa shape index (κ1) is 25.5. The van der Waals surface area contributed by atoms with Crippen molar-refractivity contribution < 1.29 is 27.6 Å². The van der Waals surface area contributed by atoms with Crippen LogP contribution in [0.25, 0.3) is 0 Å². The number of amides is 4. The van der Waals surface area contributed by atoms with Gasteiger partial charge in [0.15, 0.2) is 0 Å². The highest BCUT2D eigenvalue weighted by Gasteiger charge is 2.26. The molecule has 2 aromatic carbocycles. The number of carbonyl (C=O) groups excluding carboxylic acids is 3. The van der Waals surface area contributed by atoms with Gasteiger partial charge in [-0.25, -0.2) is 9.18 Å². The van der Waals surface area contributed by atoms with Gasteiger partial charge in [0.25, 0.3) is 5.91 Å². The van der Waals surface area contributed by atoms with E-state index in [1.165, 1.54) is 17.0 Å². The Bertz CT molecular complexity index is 1050. The van der Waals surface area contributed by atoms with Crippen molar-refractivity contribution in [3.63, 3.8) is 0 Å². The van der Waals surface area contributed by atoms with Crippen LogP contribution in [0.1, 0.15) is 15.9 Å². The van der Waals surface area contributed by atoms with Gasteiger partial charge in [-0.2, -0.15) is 8.78 Å². The molecular formula is C22H23BrF3N5O3. The third kappa shape index (κ3) is 6.48. The number of hydrogen-bond donors (Lipinski definition) is 2. The molecule has 1 aliphatic rings. The van der Waals surface area contributed by atoms with Crippen LogP contribution in [0.2, 0.25) is 0 Å². The van der Waals surface area contributed by atoms with Crippen LogP contribution in [0.15, 0.2) is 46.9 Å². The van der Waals surface area contributed by atoms with E-state index >= 15 is 0 Å². The van der Waals surface area contributed by atoms with Crippen molar-refractivity contribution in [1.29, 1.82) is 0 Å². The molecule has 8 nitrogen and oxygen atoms in total. The van der Waals surface area contributed by atoms with Gasteiger partial charge in [-0.1, -0.05) is 22.0 Å². The Balaban J connectivity index is 1.79. The van der Waals surface area contributed by atoms with Gasteiger partial charge in [0, 0.05) is 47.5 Å². The van der Waals surface area contributed by atoms with Crippen LogP contribution in [-0.4, -0.2) is 67.3 Å². The number of benzene rings is 2. The summed E-state index contributed by atoms with van der Waals surface area (Å²) in [6, 6.07) is 10.3. The second-order valence-electron chi connectivity index (χ2n) is 7.69. The molecule has 1 heterocycles. The molecule has 4 amide bonds. The van der Waals surface area contributed by atoms with Gasteiger partial charge < -0.3 is 9.80 Å². The number of carbonyl (C=O) groups is 3. The quantitative estimate of drug-likeness (QED) is 0.570. The molecule has 0 radical (unpaired) electrons. The van der Waals surface area contributed by atoms with Crippen LogP contribution in [0, 0.1) is 5.82 Å². The Labute approximate surface area is 202 Å². The number of nitrogens with zero attached hydrogens (tertiary/aromatic N) is 3. The van der Waals surface area contributed by atoms with Crippen LogP contribution in [0.5, 0.6) is 0 Å². The Kier molecular flexibility index (Phi) is 8.51. The smallest absolute Gasteiger partial charge is 0.322 e. The van der Waals surface area contributed by atoms with Crippen molar-refractivity contribution in [3.05, 3.63) is 63.9 Å². The van der Waals surface area contributed by atoms with Gasteiger partial charge in [0.05, 0.1) is 6.54 Å². The first-order valence-corrected chi connectivity index (χ1v) is 11.1. The Morgan fingerprint density at radius 2 is 1.68 bits per heavy atom. The molecule has 2 aromatic rings. The van der Waals surface area contributed by atoms with Crippen molar-refractivity contribution >= 4 is 39.5 Å². The molecule has 1 saturated heterocycles. The molecule has 2 N–H and O–H groups in total. The van der Waals surface area contributed by atoms with Crippen molar-refractivity contribution in [3.8, 4) is 0 Å². The van der Waals surface area contributed by atoms with Crippen molar-refractivity contribution in [1.82, 2.24) is 20.7 Å². The topological polar surface area (TPSA) is 85.0 Å². The number of halogens is 4. The minimum Gasteiger partial charge on any atom is -0.322 e. The molecule has 1 fully saturated rings. The van der Waals surface area contributed by atoms with Gasteiger partial charge in [0.2, 0.25) is 0 Å². The lowest BCUT2D eigenvalue weighted by Gasteiger charge is -2.36. The summed E-state index contributed by atoms with van der Waals surface area (Å²) in [5.74, 6) is -3.41. The number of rotatable bonds is 5. The molecule has 0 aromatic heterocycles. The lowest BCUT2D eigenvalue weighted by atomic mass is 10.1. The number of hydrazine groups is 1. The van der Waals surface area contributed by atoms with E-state index in [4.69, 9.17) is 0 Å². The molecule has 0 unspecified atom stereocenters. The van der Waals surface area contributed by atoms with Gasteiger partial charge in [-0.3, -0.25) is 25.3 Å². The van der Waals surface area contributed by atoms with Crippen molar-refractivity contribution in [2.75, 3.05) is 38.1 Å². The van der Waals surface area contributed by atoms with E-state index in [0.29, 0.717) is 18.8 Å². The third-order valence-corrected chi connectivity index (χ3v) is 5.81. The first-order valence-electron chi connectivity index (χ1n) is 10.3. The number of piperazine rings is 1. The molecule has 12 heteroatoms. The zero-order valence-electron chi connectivity index (χ0n) is 18.2. The maximum Gasteiger partial charge on any atom is 0.324 e. The first-order chi connectivity index (χ1) is 16.2. The van der Waals surface area contributed by atoms with Crippen molar-refractivity contribution in [2.45, 2.75) is 13.0 Å². The van der Waals surface area contributed by atoms with E-state index in [-0.39, 0.29) is 23.7 Å². The Morgan fingerprint density at radius 1 is 1.03 bits per heavy atom. The normalized spacial score (nSPS) is 14.1. The predicted molar refractivity (Wildman–Crippen MR) is 123 cm³/mol. The number of hydrogen-bond acceptors (Lipinski definition) is 4. The number of alkyl halides is 2. The van der Waals surface area contributed by atoms with E-state index in [9.17, 15) is 27.6 Å². The van der Waals surface area contributed by atoms with Crippen molar-refractivity contribution in [2.24, 2.45) is 0 Å². The van der Waals surface area contributed by atoms with Crippen LogP contribution in [-0.2, 0) is 11.3 Å². The summed E-state index contributed by atoms with van der Waals surface area (Å²) in [4.78, 5) is 41.5. The standard InChI is InChI=1S/C22H23BrF3N5O3/c1-29-8-10-30(11-9-29)22(34)31(17-6-4-16(23)5-7-17)13-15-3-2-14(12-18(15)24)20(32)27-28-21(33)19(25)26/h2-7,12,19H,8-11,13H2,1H3,(H,27,32)(H,28,33). The molecule has 34 heavy (non-hydrogen) atoms. The van der Waals surface area contributed by atoms with E-state index in [1.54, 1.807) is 40.0 Å². The average Bonchev–Trinajstić information content (AvgIpc) is 2.82. The molecule has 182 valence electrons. The molecular weight excluding hydrogens is 519 g/mol. The van der Waals surface area contributed by atoms with Gasteiger partial charge in [-0.15, -0.1) is 0 Å². The minimum atomic E-state index is -3.30. The van der Waals surface area contributed by atoms with Gasteiger partial charge in [-0.05, 0) is 43.4 Å². The summed E-state index contributed by atoms with van der Waals surface area (Å²) in [7, 11) is 1.97. The molecule has 1 aliphatic heterocycles. The fourth-order valence-corrected chi connectivity index (χ4v) is 3.56. The Hall–Kier alpha value is -3.12. The van der Waals surface area contributed by atoms with Crippen LogP contribution < -0.4 is 15.8 Å². The van der Waals surface area contributed by atoms with Crippen LogP contribution in [0.3, 0.4) is 0 Å². The number of anilines is 1. The summed E-state index contributed by atoms with van der Waals surface area (Å²) in [5, 5.41) is 0. The molecule has 0 spiro atoms. The zero-order valence-corrected chi connectivity index (χ0v) is 19.8. The number of likely N-dealkylation sites (N-methyl/N-ethyl adjacent to an activating group) is 1. The average molecular weight is 542 g/mol. The maximum absolute atomic E-state index is 14.9. The van der Waals surface area contributed by atoms with E-state index in [0.717, 1.165) is 23.6 Å². The molecule has 3 rings (SSSR count). The summed E-state index contributed by atoms with van der Waals surface area (Å²) < 4.78 is 40.2. The fraction of sp³-hybridized carbons (Fsp3) is 0.318. The summed E-state index contributed by atoms with van der Waals surface area (Å²) >= 11 is 3.36. The highest BCUT2D eigenvalue weighted by atomic mass is 79.9. The molecule has 0 bridgehead atoms. The van der Waals surface area contributed by atoms with E-state index < -0.39 is 24.1 Å². The summed E-state index contributed by atoms with van der Waals surface area (Å²) in [5.41, 5.74) is 3.89. The lowest BCUT2D eigenvalue weighted by Crippen LogP contribution is -2.52. The number of nitrogens with one attached hydrogen (secondary N) is 2. The molecule has 0 aliphatic carbocycles. The Morgan fingerprint density at radius 3 is 2.26 bits per heavy atom. The predicted octanol–water partition coefficient (Wildman–Crippen LogP) is 2.99.